The maximum absolute atomic E-state index is 5.65. The van der Waals surface area contributed by atoms with Crippen molar-refractivity contribution in [3.8, 4) is 11.5 Å². The highest BCUT2D eigenvalue weighted by Crippen LogP contribution is 2.19. The Bertz CT molecular complexity index is 825. The van der Waals surface area contributed by atoms with E-state index in [1.807, 2.05) is 19.2 Å². The van der Waals surface area contributed by atoms with Crippen molar-refractivity contribution >= 4 is 29.9 Å². The number of benzene rings is 1. The first kappa shape index (κ1) is 24.0. The van der Waals surface area contributed by atoms with Gasteiger partial charge in [-0.3, -0.25) is 4.99 Å². The fourth-order valence-corrected chi connectivity index (χ4v) is 4.13. The van der Waals surface area contributed by atoms with E-state index in [0.29, 0.717) is 18.5 Å². The number of hydrogen-bond acceptors (Lipinski definition) is 5. The van der Waals surface area contributed by atoms with Gasteiger partial charge in [0.05, 0.1) is 18.8 Å². The van der Waals surface area contributed by atoms with Crippen LogP contribution in [0.2, 0.25) is 0 Å². The van der Waals surface area contributed by atoms with Crippen molar-refractivity contribution in [1.29, 1.82) is 0 Å². The molecule has 0 spiro atoms. The van der Waals surface area contributed by atoms with Gasteiger partial charge in [-0.25, -0.2) is 4.98 Å². The van der Waals surface area contributed by atoms with Crippen molar-refractivity contribution in [3.05, 3.63) is 41.8 Å². The topological polar surface area (TPSA) is 74.9 Å². The lowest BCUT2D eigenvalue weighted by Gasteiger charge is -2.34. The number of halogens is 1. The number of ether oxygens (including phenoxy) is 1. The number of aromatic nitrogens is 1. The van der Waals surface area contributed by atoms with Crippen LogP contribution in [0.25, 0.3) is 11.5 Å². The number of piperidine rings is 1. The number of aliphatic imine (C=N–C) groups is 1. The van der Waals surface area contributed by atoms with E-state index >= 15 is 0 Å². The standard InChI is InChI=1S/C23H33N5O2.HI/c1-17-3-5-19(6-4-17)22-26-21(16-30-22)13-25-23(24-2)27-20-7-10-28(11-8-20)14-18-9-12-29-15-18;/h3-6,16,18,20H,7-15H2,1-2H3,(H2,24,25,27);1H. The summed E-state index contributed by atoms with van der Waals surface area (Å²) in [5.74, 6) is 2.18. The first-order valence-electron chi connectivity index (χ1n) is 11.0. The maximum atomic E-state index is 5.65. The van der Waals surface area contributed by atoms with Crippen molar-refractivity contribution in [2.24, 2.45) is 10.9 Å². The molecule has 1 aromatic carbocycles. The van der Waals surface area contributed by atoms with Crippen LogP contribution in [-0.2, 0) is 11.3 Å². The van der Waals surface area contributed by atoms with Crippen LogP contribution in [0.15, 0.2) is 39.9 Å². The van der Waals surface area contributed by atoms with Crippen LogP contribution in [0.5, 0.6) is 0 Å². The summed E-state index contributed by atoms with van der Waals surface area (Å²) in [7, 11) is 1.81. The molecular weight excluding hydrogens is 505 g/mol. The number of rotatable bonds is 6. The molecular formula is C23H34IN5O2. The molecule has 2 N–H and O–H groups in total. The Morgan fingerprint density at radius 2 is 1.97 bits per heavy atom. The highest BCUT2D eigenvalue weighted by molar-refractivity contribution is 14.0. The maximum Gasteiger partial charge on any atom is 0.226 e. The monoisotopic (exact) mass is 539 g/mol. The predicted octanol–water partition coefficient (Wildman–Crippen LogP) is 3.43. The smallest absolute Gasteiger partial charge is 0.226 e. The summed E-state index contributed by atoms with van der Waals surface area (Å²) in [4.78, 5) is 11.6. The van der Waals surface area contributed by atoms with Gasteiger partial charge in [0.2, 0.25) is 5.89 Å². The molecule has 0 aliphatic carbocycles. The molecule has 2 fully saturated rings. The molecule has 2 aliphatic rings. The van der Waals surface area contributed by atoms with Crippen molar-refractivity contribution in [3.63, 3.8) is 0 Å². The molecule has 2 aromatic rings. The van der Waals surface area contributed by atoms with Gasteiger partial charge in [0.15, 0.2) is 5.96 Å². The Balaban J connectivity index is 0.00000272. The first-order chi connectivity index (χ1) is 14.7. The van der Waals surface area contributed by atoms with E-state index < -0.39 is 0 Å². The average molecular weight is 539 g/mol. The van der Waals surface area contributed by atoms with E-state index in [2.05, 4.69) is 44.6 Å². The molecule has 3 heterocycles. The molecule has 0 saturated carbocycles. The second kappa shape index (κ2) is 11.8. The van der Waals surface area contributed by atoms with Gasteiger partial charge < -0.3 is 24.7 Å². The molecule has 1 unspecified atom stereocenters. The number of guanidine groups is 1. The highest BCUT2D eigenvalue weighted by Gasteiger charge is 2.24. The summed E-state index contributed by atoms with van der Waals surface area (Å²) < 4.78 is 11.2. The summed E-state index contributed by atoms with van der Waals surface area (Å²) in [6.45, 7) is 7.96. The van der Waals surface area contributed by atoms with Gasteiger partial charge in [0.25, 0.3) is 0 Å². The minimum absolute atomic E-state index is 0. The van der Waals surface area contributed by atoms with Gasteiger partial charge in [-0.2, -0.15) is 0 Å². The highest BCUT2D eigenvalue weighted by atomic mass is 127. The lowest BCUT2D eigenvalue weighted by atomic mass is 10.0. The third kappa shape index (κ3) is 6.92. The molecule has 2 saturated heterocycles. The van der Waals surface area contributed by atoms with Crippen molar-refractivity contribution in [1.82, 2.24) is 20.5 Å². The fourth-order valence-electron chi connectivity index (χ4n) is 4.13. The molecule has 0 radical (unpaired) electrons. The third-order valence-corrected chi connectivity index (χ3v) is 5.98. The van der Waals surface area contributed by atoms with E-state index in [-0.39, 0.29) is 24.0 Å². The molecule has 1 aromatic heterocycles. The minimum Gasteiger partial charge on any atom is -0.444 e. The summed E-state index contributed by atoms with van der Waals surface area (Å²) in [5, 5.41) is 6.93. The summed E-state index contributed by atoms with van der Waals surface area (Å²) in [6, 6.07) is 8.65. The van der Waals surface area contributed by atoms with Gasteiger partial charge in [0, 0.05) is 44.9 Å². The van der Waals surface area contributed by atoms with E-state index in [4.69, 9.17) is 9.15 Å². The lowest BCUT2D eigenvalue weighted by Crippen LogP contribution is -2.49. The zero-order valence-corrected chi connectivity index (χ0v) is 20.8. The zero-order chi connectivity index (χ0) is 20.8. The van der Waals surface area contributed by atoms with Crippen LogP contribution < -0.4 is 10.6 Å². The Morgan fingerprint density at radius 3 is 2.65 bits per heavy atom. The molecule has 8 heteroatoms. The molecule has 2 aliphatic heterocycles. The Kier molecular flexibility index (Phi) is 9.15. The number of oxazole rings is 1. The Morgan fingerprint density at radius 1 is 1.19 bits per heavy atom. The van der Waals surface area contributed by atoms with Crippen LogP contribution in [0.1, 0.15) is 30.5 Å². The Hall–Kier alpha value is -1.65. The summed E-state index contributed by atoms with van der Waals surface area (Å²) in [6.07, 6.45) is 5.19. The quantitative estimate of drug-likeness (QED) is 0.333. The molecule has 170 valence electrons. The zero-order valence-electron chi connectivity index (χ0n) is 18.5. The largest absolute Gasteiger partial charge is 0.444 e. The van der Waals surface area contributed by atoms with E-state index in [0.717, 1.165) is 62.3 Å². The molecule has 0 bridgehead atoms. The second-order valence-electron chi connectivity index (χ2n) is 8.38. The summed E-state index contributed by atoms with van der Waals surface area (Å²) in [5.41, 5.74) is 3.08. The third-order valence-electron chi connectivity index (χ3n) is 5.98. The van der Waals surface area contributed by atoms with Crippen LogP contribution in [0.3, 0.4) is 0 Å². The number of likely N-dealkylation sites (tertiary alicyclic amines) is 1. The number of hydrogen-bond donors (Lipinski definition) is 2. The Labute approximate surface area is 202 Å². The molecule has 31 heavy (non-hydrogen) atoms. The lowest BCUT2D eigenvalue weighted by molar-refractivity contribution is 0.150. The normalized spacial score (nSPS) is 20.5. The molecule has 1 atom stereocenters. The van der Waals surface area contributed by atoms with Gasteiger partial charge in [0.1, 0.15) is 6.26 Å². The molecule has 7 nitrogen and oxygen atoms in total. The van der Waals surface area contributed by atoms with Crippen LogP contribution in [-0.4, -0.2) is 61.8 Å². The number of nitrogens with zero attached hydrogens (tertiary/aromatic N) is 3. The van der Waals surface area contributed by atoms with Crippen molar-refractivity contribution in [2.45, 2.75) is 38.8 Å². The second-order valence-corrected chi connectivity index (χ2v) is 8.38. The van der Waals surface area contributed by atoms with Crippen LogP contribution in [0, 0.1) is 12.8 Å². The van der Waals surface area contributed by atoms with Crippen molar-refractivity contribution in [2.75, 3.05) is 39.9 Å². The number of aryl methyl sites for hydroxylation is 1. The number of nitrogens with one attached hydrogen (secondary N) is 2. The SMILES string of the molecule is CN=C(NCc1coc(-c2ccc(C)cc2)n1)NC1CCN(CC2CCOC2)CC1.I. The minimum atomic E-state index is 0. The van der Waals surface area contributed by atoms with Crippen molar-refractivity contribution < 1.29 is 9.15 Å². The van der Waals surface area contributed by atoms with Gasteiger partial charge >= 0.3 is 0 Å². The molecule has 4 rings (SSSR count). The van der Waals surface area contributed by atoms with Crippen LogP contribution >= 0.6 is 24.0 Å². The van der Waals surface area contributed by atoms with E-state index in [1.54, 1.807) is 6.26 Å². The van der Waals surface area contributed by atoms with Gasteiger partial charge in [-0.1, -0.05) is 17.7 Å². The average Bonchev–Trinajstić information content (AvgIpc) is 3.45. The fraction of sp³-hybridized carbons (Fsp3) is 0.565. The molecule has 0 amide bonds. The van der Waals surface area contributed by atoms with Crippen LogP contribution in [0.4, 0.5) is 0 Å². The summed E-state index contributed by atoms with van der Waals surface area (Å²) >= 11 is 0. The first-order valence-corrected chi connectivity index (χ1v) is 11.0. The van der Waals surface area contributed by atoms with Gasteiger partial charge in [-0.05, 0) is 44.2 Å². The van der Waals surface area contributed by atoms with E-state index in [9.17, 15) is 0 Å². The van der Waals surface area contributed by atoms with E-state index in [1.165, 1.54) is 18.5 Å². The van der Waals surface area contributed by atoms with Gasteiger partial charge in [-0.15, -0.1) is 24.0 Å². The predicted molar refractivity (Wildman–Crippen MR) is 134 cm³/mol.